The Balaban J connectivity index is 1.44. The van der Waals surface area contributed by atoms with E-state index in [0.29, 0.717) is 39.0 Å². The van der Waals surface area contributed by atoms with Crippen LogP contribution in [-0.2, 0) is 4.74 Å². The third-order valence-electron chi connectivity index (χ3n) is 6.86. The highest BCUT2D eigenvalue weighted by atomic mass is 35.5. The van der Waals surface area contributed by atoms with Gasteiger partial charge in [0.25, 0.3) is 0 Å². The van der Waals surface area contributed by atoms with Crippen molar-refractivity contribution >= 4 is 28.3 Å². The molecule has 0 unspecified atom stereocenters. The van der Waals surface area contributed by atoms with Crippen molar-refractivity contribution in [2.24, 2.45) is 0 Å². The monoisotopic (exact) mass is 471 g/mol. The number of hydrogen-bond acceptors (Lipinski definition) is 7. The summed E-state index contributed by atoms with van der Waals surface area (Å²) < 4.78 is 72.4. The van der Waals surface area contributed by atoms with Gasteiger partial charge in [0.05, 0.1) is 19.7 Å². The minimum Gasteiger partial charge on any atom is -0.461 e. The predicted molar refractivity (Wildman–Crippen MR) is 111 cm³/mol. The largest absolute Gasteiger partial charge is 0.461 e. The van der Waals surface area contributed by atoms with Crippen LogP contribution >= 0.6 is 11.6 Å². The summed E-state index contributed by atoms with van der Waals surface area (Å²) >= 11 is 5.89. The molecule has 0 amide bonds. The second-order valence-corrected chi connectivity index (χ2v) is 9.22. The molecule has 32 heavy (non-hydrogen) atoms. The van der Waals surface area contributed by atoms with Crippen molar-refractivity contribution in [1.82, 2.24) is 19.9 Å². The molecule has 5 atom stereocenters. The Morgan fingerprint density at radius 1 is 1.31 bits per heavy atom. The van der Waals surface area contributed by atoms with E-state index in [-0.39, 0.29) is 29.7 Å². The van der Waals surface area contributed by atoms with Crippen LogP contribution in [-0.4, -0.2) is 82.7 Å². The van der Waals surface area contributed by atoms with Crippen molar-refractivity contribution in [3.8, 4) is 6.01 Å². The van der Waals surface area contributed by atoms with E-state index < -0.39 is 53.6 Å². The molecule has 4 aliphatic rings. The summed E-state index contributed by atoms with van der Waals surface area (Å²) in [6.07, 6.45) is 0.0260. The number of hydrogen-bond donors (Lipinski definition) is 0. The van der Waals surface area contributed by atoms with E-state index >= 15 is 0 Å². The van der Waals surface area contributed by atoms with Gasteiger partial charge in [-0.2, -0.15) is 9.97 Å². The number of aromatic nitrogens is 3. The molecule has 0 bridgehead atoms. The highest BCUT2D eigenvalue weighted by Crippen LogP contribution is 2.43. The summed E-state index contributed by atoms with van der Waals surface area (Å²) in [5.41, 5.74) is -1.37. The van der Waals surface area contributed by atoms with Crippen molar-refractivity contribution in [3.63, 3.8) is 0 Å². The molecule has 0 radical (unpaired) electrons. The quantitative estimate of drug-likeness (QED) is 0.635. The lowest BCUT2D eigenvalue weighted by Crippen LogP contribution is -2.43. The van der Waals surface area contributed by atoms with Crippen LogP contribution in [0, 0.1) is 5.82 Å². The van der Waals surface area contributed by atoms with Crippen molar-refractivity contribution in [3.05, 3.63) is 17.2 Å². The highest BCUT2D eigenvalue weighted by Gasteiger charge is 2.58. The van der Waals surface area contributed by atoms with Gasteiger partial charge in [0.1, 0.15) is 30.2 Å². The van der Waals surface area contributed by atoms with E-state index in [9.17, 15) is 13.2 Å². The summed E-state index contributed by atoms with van der Waals surface area (Å²) in [5, 5.41) is -0.200. The maximum absolute atomic E-state index is 15.0. The smallest absolute Gasteiger partial charge is 0.319 e. The SMILES string of the molecule is [2H]C([2H])(Oc1nc(N2CCCO[C@@H]3[C@H](F)[C@@H]32)c2cnc(Cl)c(F)c2n1)[C@@]12CCCN1C[C@H](F)C2. The van der Waals surface area contributed by atoms with Crippen LogP contribution in [0.4, 0.5) is 19.0 Å². The fourth-order valence-corrected chi connectivity index (χ4v) is 5.43. The molecular formula is C21H23ClF3N5O2. The summed E-state index contributed by atoms with van der Waals surface area (Å²) in [6, 6.07) is -1.02. The molecule has 2 aromatic heterocycles. The lowest BCUT2D eigenvalue weighted by molar-refractivity contribution is 0.105. The van der Waals surface area contributed by atoms with Gasteiger partial charge in [-0.05, 0) is 25.8 Å². The van der Waals surface area contributed by atoms with Gasteiger partial charge in [0, 0.05) is 32.3 Å². The number of anilines is 1. The third-order valence-corrected chi connectivity index (χ3v) is 7.12. The number of alkyl halides is 2. The molecule has 1 saturated carbocycles. The van der Waals surface area contributed by atoms with Crippen molar-refractivity contribution < 1.29 is 25.4 Å². The number of nitrogens with zero attached hydrogens (tertiary/aromatic N) is 5. The zero-order chi connectivity index (χ0) is 23.8. The fraction of sp³-hybridized carbons (Fsp3) is 0.667. The Hall–Kier alpha value is -1.91. The number of pyridine rings is 1. The highest BCUT2D eigenvalue weighted by molar-refractivity contribution is 6.30. The van der Waals surface area contributed by atoms with Crippen LogP contribution in [0.15, 0.2) is 6.20 Å². The molecule has 6 rings (SSSR count). The lowest BCUT2D eigenvalue weighted by Gasteiger charge is -2.31. The Kier molecular flexibility index (Phi) is 4.37. The van der Waals surface area contributed by atoms with E-state index in [1.807, 2.05) is 0 Å². The van der Waals surface area contributed by atoms with Gasteiger partial charge in [0.2, 0.25) is 0 Å². The predicted octanol–water partition coefficient (Wildman–Crippen LogP) is 3.09. The molecule has 3 saturated heterocycles. The first-order chi connectivity index (χ1) is 16.2. The van der Waals surface area contributed by atoms with Crippen LogP contribution in [0.3, 0.4) is 0 Å². The number of rotatable bonds is 4. The maximum atomic E-state index is 15.0. The summed E-state index contributed by atoms with van der Waals surface area (Å²) in [5.74, 6) is -0.733. The van der Waals surface area contributed by atoms with Crippen LogP contribution in [0.2, 0.25) is 5.15 Å². The average Bonchev–Trinajstić information content (AvgIpc) is 3.14. The van der Waals surface area contributed by atoms with E-state index in [1.54, 1.807) is 9.80 Å². The molecule has 2 aromatic rings. The first-order valence-corrected chi connectivity index (χ1v) is 11.2. The van der Waals surface area contributed by atoms with E-state index in [1.165, 1.54) is 6.20 Å². The number of ether oxygens (including phenoxy) is 2. The molecule has 172 valence electrons. The van der Waals surface area contributed by atoms with Crippen molar-refractivity contribution in [2.45, 2.75) is 55.7 Å². The Labute approximate surface area is 190 Å². The van der Waals surface area contributed by atoms with Gasteiger partial charge in [-0.25, -0.2) is 18.2 Å². The third kappa shape index (κ3) is 3.21. The standard InChI is InChI=1S/C21H23ClF3N5O2/c22-18-13(24)15-12(8-26-18)19(30-5-2-6-31-17-14(25)16(17)30)28-20(27-15)32-10-21-3-1-4-29(21)9-11(23)7-21/h8,11,14,16-17H,1-7,9-10H2/t11-,14-,16+,17-,21+/m1/s1/i10D2. The van der Waals surface area contributed by atoms with Gasteiger partial charge in [-0.15, -0.1) is 0 Å². The minimum atomic E-state index is -2.35. The minimum absolute atomic E-state index is 0.0126. The first-order valence-electron chi connectivity index (χ1n) is 11.8. The van der Waals surface area contributed by atoms with Gasteiger partial charge >= 0.3 is 6.01 Å². The zero-order valence-electron chi connectivity index (χ0n) is 19.1. The van der Waals surface area contributed by atoms with E-state index in [4.69, 9.17) is 23.8 Å². The second-order valence-electron chi connectivity index (χ2n) is 8.86. The van der Waals surface area contributed by atoms with Gasteiger partial charge in [-0.3, -0.25) is 4.90 Å². The molecule has 5 heterocycles. The topological polar surface area (TPSA) is 63.6 Å². The van der Waals surface area contributed by atoms with Crippen LogP contribution < -0.4 is 9.64 Å². The first kappa shape index (κ1) is 18.5. The van der Waals surface area contributed by atoms with Crippen LogP contribution in [0.1, 0.15) is 28.4 Å². The summed E-state index contributed by atoms with van der Waals surface area (Å²) in [6.45, 7) is -0.871. The van der Waals surface area contributed by atoms with Crippen molar-refractivity contribution in [2.75, 3.05) is 37.7 Å². The van der Waals surface area contributed by atoms with Gasteiger partial charge in [0.15, 0.2) is 17.1 Å². The van der Waals surface area contributed by atoms with Gasteiger partial charge in [-0.1, -0.05) is 11.6 Å². The molecule has 0 spiro atoms. The van der Waals surface area contributed by atoms with Crippen LogP contribution in [0.25, 0.3) is 10.9 Å². The van der Waals surface area contributed by atoms with Crippen molar-refractivity contribution in [1.29, 1.82) is 0 Å². The zero-order valence-corrected chi connectivity index (χ0v) is 17.9. The van der Waals surface area contributed by atoms with E-state index in [2.05, 4.69) is 15.0 Å². The molecule has 1 aliphatic carbocycles. The average molecular weight is 472 g/mol. The molecular weight excluding hydrogens is 447 g/mol. The second kappa shape index (κ2) is 7.56. The summed E-state index contributed by atoms with van der Waals surface area (Å²) in [7, 11) is 0. The Morgan fingerprint density at radius 3 is 3.06 bits per heavy atom. The Bertz CT molecular complexity index is 1150. The normalized spacial score (nSPS) is 35.8. The molecule has 7 nitrogen and oxygen atoms in total. The molecule has 11 heteroatoms. The molecule has 0 N–H and O–H groups in total. The number of fused-ring (bicyclic) bond motifs is 3. The summed E-state index contributed by atoms with van der Waals surface area (Å²) in [4.78, 5) is 15.8. The fourth-order valence-electron chi connectivity index (χ4n) is 5.29. The van der Waals surface area contributed by atoms with Gasteiger partial charge < -0.3 is 14.4 Å². The molecule has 4 fully saturated rings. The lowest BCUT2D eigenvalue weighted by atomic mass is 9.95. The molecule has 3 aliphatic heterocycles. The maximum Gasteiger partial charge on any atom is 0.319 e. The number of halogens is 4. The molecule has 0 aromatic carbocycles. The Morgan fingerprint density at radius 2 is 2.19 bits per heavy atom. The van der Waals surface area contributed by atoms with Crippen LogP contribution in [0.5, 0.6) is 6.01 Å². The van der Waals surface area contributed by atoms with E-state index in [0.717, 1.165) is 0 Å².